The molecule has 2 aromatic rings. The topological polar surface area (TPSA) is 99.7 Å². The second-order valence-corrected chi connectivity index (χ2v) is 9.32. The monoisotopic (exact) mass is 420 g/mol. The van der Waals surface area contributed by atoms with E-state index in [4.69, 9.17) is 0 Å². The Morgan fingerprint density at radius 2 is 1.96 bits per heavy atom. The van der Waals surface area contributed by atoms with Crippen LogP contribution >= 0.6 is 11.3 Å². The zero-order chi connectivity index (χ0) is 20.5. The predicted molar refractivity (Wildman–Crippen MR) is 110 cm³/mol. The first kappa shape index (κ1) is 20.0. The van der Waals surface area contributed by atoms with E-state index in [1.807, 2.05) is 5.38 Å². The summed E-state index contributed by atoms with van der Waals surface area (Å²) in [5, 5.41) is 5.07. The first-order valence-corrected chi connectivity index (χ1v) is 11.1. The number of carbonyl (C=O) groups is 2. The third-order valence-electron chi connectivity index (χ3n) is 4.50. The summed E-state index contributed by atoms with van der Waals surface area (Å²) in [6, 6.07) is 6.96. The maximum atomic E-state index is 12.2. The van der Waals surface area contributed by atoms with E-state index in [0.717, 1.165) is 11.8 Å². The molecule has 2 amide bonds. The lowest BCUT2D eigenvalue weighted by molar-refractivity contribution is -0.137. The molecule has 0 spiro atoms. The van der Waals surface area contributed by atoms with Gasteiger partial charge >= 0.3 is 0 Å². The highest BCUT2D eigenvalue weighted by Crippen LogP contribution is 2.28. The van der Waals surface area contributed by atoms with Crippen molar-refractivity contribution in [2.75, 3.05) is 36.0 Å². The zero-order valence-corrected chi connectivity index (χ0v) is 17.1. The van der Waals surface area contributed by atoms with Gasteiger partial charge in [0.25, 0.3) is 0 Å². The van der Waals surface area contributed by atoms with Gasteiger partial charge in [-0.05, 0) is 18.2 Å². The SMILES string of the molecule is C=CC(=O)N1CC(C(=O)Nc2nc(-c3ccc(N(C)S(C)(=O)=O)cc3)cs2)C1. The molecule has 1 N–H and O–H groups in total. The van der Waals surface area contributed by atoms with Gasteiger partial charge in [-0.3, -0.25) is 13.9 Å². The zero-order valence-electron chi connectivity index (χ0n) is 15.5. The van der Waals surface area contributed by atoms with Crippen LogP contribution in [0.1, 0.15) is 0 Å². The quantitative estimate of drug-likeness (QED) is 0.718. The maximum Gasteiger partial charge on any atom is 0.246 e. The lowest BCUT2D eigenvalue weighted by Gasteiger charge is -2.37. The molecule has 1 aliphatic rings. The van der Waals surface area contributed by atoms with Crippen molar-refractivity contribution in [3.05, 3.63) is 42.3 Å². The normalized spacial score (nSPS) is 14.3. The number of amides is 2. The van der Waals surface area contributed by atoms with Gasteiger partial charge in [0.2, 0.25) is 21.8 Å². The third kappa shape index (κ3) is 4.23. The highest BCUT2D eigenvalue weighted by molar-refractivity contribution is 7.92. The van der Waals surface area contributed by atoms with Gasteiger partial charge in [0.15, 0.2) is 5.13 Å². The van der Waals surface area contributed by atoms with Gasteiger partial charge in [-0.1, -0.05) is 18.7 Å². The van der Waals surface area contributed by atoms with Crippen molar-refractivity contribution in [2.45, 2.75) is 0 Å². The van der Waals surface area contributed by atoms with Crippen LogP contribution in [-0.2, 0) is 19.6 Å². The van der Waals surface area contributed by atoms with E-state index in [2.05, 4.69) is 16.9 Å². The minimum Gasteiger partial charge on any atom is -0.337 e. The van der Waals surface area contributed by atoms with Crippen molar-refractivity contribution in [1.29, 1.82) is 0 Å². The van der Waals surface area contributed by atoms with Crippen LogP contribution in [0.3, 0.4) is 0 Å². The molecule has 0 radical (unpaired) electrons. The fourth-order valence-corrected chi connectivity index (χ4v) is 3.89. The van der Waals surface area contributed by atoms with E-state index in [1.165, 1.54) is 28.8 Å². The van der Waals surface area contributed by atoms with Crippen molar-refractivity contribution in [3.63, 3.8) is 0 Å². The molecule has 0 unspecified atom stereocenters. The first-order chi connectivity index (χ1) is 13.2. The van der Waals surface area contributed by atoms with Crippen molar-refractivity contribution in [3.8, 4) is 11.3 Å². The van der Waals surface area contributed by atoms with Crippen molar-refractivity contribution in [1.82, 2.24) is 9.88 Å². The number of hydrogen-bond acceptors (Lipinski definition) is 6. The molecule has 0 aliphatic carbocycles. The Balaban J connectivity index is 1.62. The number of nitrogens with zero attached hydrogens (tertiary/aromatic N) is 3. The molecule has 1 saturated heterocycles. The van der Waals surface area contributed by atoms with Crippen LogP contribution in [0.5, 0.6) is 0 Å². The minimum absolute atomic E-state index is 0.167. The highest BCUT2D eigenvalue weighted by Gasteiger charge is 2.34. The number of nitrogens with one attached hydrogen (secondary N) is 1. The number of benzene rings is 1. The van der Waals surface area contributed by atoms with Crippen LogP contribution in [0, 0.1) is 5.92 Å². The van der Waals surface area contributed by atoms with Gasteiger partial charge in [0, 0.05) is 31.1 Å². The van der Waals surface area contributed by atoms with Gasteiger partial charge in [-0.15, -0.1) is 11.3 Å². The number of anilines is 2. The van der Waals surface area contributed by atoms with Crippen molar-refractivity contribution < 1.29 is 18.0 Å². The number of likely N-dealkylation sites (tertiary alicyclic amines) is 1. The fourth-order valence-electron chi connectivity index (χ4n) is 2.66. The van der Waals surface area contributed by atoms with Gasteiger partial charge in [-0.2, -0.15) is 0 Å². The summed E-state index contributed by atoms with van der Waals surface area (Å²) in [6.07, 6.45) is 2.38. The largest absolute Gasteiger partial charge is 0.337 e. The average molecular weight is 421 g/mol. The molecule has 10 heteroatoms. The Kier molecular flexibility index (Phi) is 5.52. The number of rotatable bonds is 6. The number of hydrogen-bond donors (Lipinski definition) is 1. The lowest BCUT2D eigenvalue weighted by Crippen LogP contribution is -2.53. The van der Waals surface area contributed by atoms with Crippen LogP contribution in [0.2, 0.25) is 0 Å². The summed E-state index contributed by atoms with van der Waals surface area (Å²) in [6.45, 7) is 4.19. The van der Waals surface area contributed by atoms with Gasteiger partial charge in [0.05, 0.1) is 23.6 Å². The molecular weight excluding hydrogens is 400 g/mol. The van der Waals surface area contributed by atoms with Crippen LogP contribution in [0.25, 0.3) is 11.3 Å². The van der Waals surface area contributed by atoms with Crippen LogP contribution in [0.15, 0.2) is 42.3 Å². The van der Waals surface area contributed by atoms with Crippen molar-refractivity contribution >= 4 is 44.0 Å². The molecular formula is C18H20N4O4S2. The Bertz CT molecular complexity index is 1010. The molecule has 0 bridgehead atoms. The number of sulfonamides is 1. The van der Waals surface area contributed by atoms with Crippen LogP contribution in [0.4, 0.5) is 10.8 Å². The summed E-state index contributed by atoms with van der Waals surface area (Å²) < 4.78 is 24.4. The van der Waals surface area contributed by atoms with E-state index in [-0.39, 0.29) is 17.7 Å². The molecule has 1 fully saturated rings. The Morgan fingerprint density at radius 1 is 1.32 bits per heavy atom. The van der Waals surface area contributed by atoms with Crippen LogP contribution < -0.4 is 9.62 Å². The average Bonchev–Trinajstić information content (AvgIpc) is 3.07. The van der Waals surface area contributed by atoms with Crippen molar-refractivity contribution in [2.24, 2.45) is 5.92 Å². The molecule has 0 atom stereocenters. The molecule has 8 nitrogen and oxygen atoms in total. The second kappa shape index (κ2) is 7.72. The fraction of sp³-hybridized carbons (Fsp3) is 0.278. The summed E-state index contributed by atoms with van der Waals surface area (Å²) in [4.78, 5) is 29.6. The number of carbonyl (C=O) groups excluding carboxylic acids is 2. The summed E-state index contributed by atoms with van der Waals surface area (Å²) in [7, 11) is -1.83. The van der Waals surface area contributed by atoms with E-state index in [0.29, 0.717) is 29.6 Å². The molecule has 3 rings (SSSR count). The summed E-state index contributed by atoms with van der Waals surface area (Å²) in [5.41, 5.74) is 2.05. The third-order valence-corrected chi connectivity index (χ3v) is 6.46. The Labute approximate surface area is 167 Å². The molecule has 2 heterocycles. The van der Waals surface area contributed by atoms with E-state index in [9.17, 15) is 18.0 Å². The highest BCUT2D eigenvalue weighted by atomic mass is 32.2. The smallest absolute Gasteiger partial charge is 0.246 e. The first-order valence-electron chi connectivity index (χ1n) is 8.41. The summed E-state index contributed by atoms with van der Waals surface area (Å²) in [5.74, 6) is -0.591. The molecule has 0 saturated carbocycles. The molecule has 28 heavy (non-hydrogen) atoms. The molecule has 148 valence electrons. The van der Waals surface area contributed by atoms with Crippen LogP contribution in [-0.4, -0.2) is 56.5 Å². The molecule has 1 aliphatic heterocycles. The Hall–Kier alpha value is -2.72. The minimum atomic E-state index is -3.32. The van der Waals surface area contributed by atoms with E-state index < -0.39 is 10.0 Å². The second-order valence-electron chi connectivity index (χ2n) is 6.45. The van der Waals surface area contributed by atoms with Gasteiger partial charge in [-0.25, -0.2) is 13.4 Å². The molecule has 1 aromatic carbocycles. The standard InChI is InChI=1S/C18H20N4O4S2/c1-4-16(23)22-9-13(10-22)17(24)20-18-19-15(11-27-18)12-5-7-14(8-6-12)21(2)28(3,25)26/h4-8,11,13H,1,9-10H2,2-3H3,(H,19,20,24). The van der Waals surface area contributed by atoms with Gasteiger partial charge < -0.3 is 10.2 Å². The predicted octanol–water partition coefficient (Wildman–Crippen LogP) is 1.79. The summed E-state index contributed by atoms with van der Waals surface area (Å²) >= 11 is 1.30. The van der Waals surface area contributed by atoms with E-state index in [1.54, 1.807) is 29.2 Å². The lowest BCUT2D eigenvalue weighted by atomic mass is 9.99. The Morgan fingerprint density at radius 3 is 2.54 bits per heavy atom. The van der Waals surface area contributed by atoms with Gasteiger partial charge in [0.1, 0.15) is 0 Å². The molecule has 1 aromatic heterocycles. The number of thiazole rings is 1. The maximum absolute atomic E-state index is 12.2. The number of aromatic nitrogens is 1. The van der Waals surface area contributed by atoms with E-state index >= 15 is 0 Å².